The number of likely N-dealkylation sites (tertiary alicyclic amines) is 2. The van der Waals surface area contributed by atoms with Crippen molar-refractivity contribution >= 4 is 5.91 Å². The van der Waals surface area contributed by atoms with Gasteiger partial charge in [0.25, 0.3) is 0 Å². The molecule has 2 N–H and O–H groups in total. The Labute approximate surface area is 117 Å². The summed E-state index contributed by atoms with van der Waals surface area (Å²) in [5.74, 6) is 1.59. The Morgan fingerprint density at radius 1 is 1.16 bits per heavy atom. The van der Waals surface area contributed by atoms with Gasteiger partial charge in [-0.1, -0.05) is 19.8 Å². The van der Waals surface area contributed by atoms with E-state index in [-0.39, 0.29) is 0 Å². The van der Waals surface area contributed by atoms with E-state index in [1.807, 2.05) is 0 Å². The first-order chi connectivity index (χ1) is 9.20. The Balaban J connectivity index is 1.81. The molecule has 0 spiro atoms. The lowest BCUT2D eigenvalue weighted by molar-refractivity contribution is -0.133. The summed E-state index contributed by atoms with van der Waals surface area (Å²) in [6.45, 7) is 7.60. The van der Waals surface area contributed by atoms with E-state index in [9.17, 15) is 4.79 Å². The van der Waals surface area contributed by atoms with Crippen LogP contribution in [0.3, 0.4) is 0 Å². The third kappa shape index (κ3) is 4.18. The molecule has 1 amide bonds. The second kappa shape index (κ2) is 7.25. The van der Waals surface area contributed by atoms with E-state index in [0.29, 0.717) is 24.3 Å². The fourth-order valence-corrected chi connectivity index (χ4v) is 3.29. The summed E-state index contributed by atoms with van der Waals surface area (Å²) in [6, 6.07) is 0. The second-order valence-corrected chi connectivity index (χ2v) is 6.29. The number of carbonyl (C=O) groups is 1. The Kier molecular flexibility index (Phi) is 5.64. The predicted molar refractivity (Wildman–Crippen MR) is 77.8 cm³/mol. The average Bonchev–Trinajstić information content (AvgIpc) is 2.70. The van der Waals surface area contributed by atoms with Crippen LogP contribution < -0.4 is 5.73 Å². The Morgan fingerprint density at radius 2 is 1.84 bits per heavy atom. The Bertz CT molecular complexity index is 287. The van der Waals surface area contributed by atoms with E-state index < -0.39 is 0 Å². The van der Waals surface area contributed by atoms with Gasteiger partial charge in [-0.15, -0.1) is 0 Å². The van der Waals surface area contributed by atoms with Gasteiger partial charge in [0.1, 0.15) is 0 Å². The van der Waals surface area contributed by atoms with Gasteiger partial charge in [0.15, 0.2) is 0 Å². The molecule has 2 rings (SSSR count). The van der Waals surface area contributed by atoms with Crippen LogP contribution in [0.4, 0.5) is 0 Å². The Hall–Kier alpha value is -0.610. The standard InChI is InChI=1S/C15H29N3O/c1-13-6-9-17(11-14(13)10-16)12-15(19)18-7-4-2-3-5-8-18/h13-14H,2-12,16H2,1H3. The van der Waals surface area contributed by atoms with Crippen molar-refractivity contribution in [2.45, 2.75) is 39.0 Å². The highest BCUT2D eigenvalue weighted by atomic mass is 16.2. The largest absolute Gasteiger partial charge is 0.342 e. The van der Waals surface area contributed by atoms with E-state index in [1.54, 1.807) is 0 Å². The van der Waals surface area contributed by atoms with E-state index in [2.05, 4.69) is 16.7 Å². The molecule has 2 saturated heterocycles. The van der Waals surface area contributed by atoms with Crippen LogP contribution in [0.25, 0.3) is 0 Å². The maximum Gasteiger partial charge on any atom is 0.236 e. The van der Waals surface area contributed by atoms with Crippen molar-refractivity contribution < 1.29 is 4.79 Å². The predicted octanol–water partition coefficient (Wildman–Crippen LogP) is 1.31. The summed E-state index contributed by atoms with van der Waals surface area (Å²) < 4.78 is 0. The second-order valence-electron chi connectivity index (χ2n) is 6.29. The smallest absolute Gasteiger partial charge is 0.236 e. The fourth-order valence-electron chi connectivity index (χ4n) is 3.29. The lowest BCUT2D eigenvalue weighted by Gasteiger charge is -2.37. The van der Waals surface area contributed by atoms with Gasteiger partial charge in [-0.25, -0.2) is 0 Å². The minimum Gasteiger partial charge on any atom is -0.342 e. The number of amides is 1. The van der Waals surface area contributed by atoms with Crippen LogP contribution in [0, 0.1) is 11.8 Å². The van der Waals surface area contributed by atoms with Gasteiger partial charge in [0, 0.05) is 19.6 Å². The zero-order chi connectivity index (χ0) is 13.7. The molecule has 0 aromatic heterocycles. The summed E-state index contributed by atoms with van der Waals surface area (Å²) in [4.78, 5) is 16.7. The highest BCUT2D eigenvalue weighted by Gasteiger charge is 2.27. The molecule has 0 bridgehead atoms. The molecule has 2 atom stereocenters. The van der Waals surface area contributed by atoms with Crippen LogP contribution in [-0.2, 0) is 4.79 Å². The highest BCUT2D eigenvalue weighted by Crippen LogP contribution is 2.22. The molecule has 0 aromatic carbocycles. The minimum atomic E-state index is 0.326. The molecular weight excluding hydrogens is 238 g/mol. The van der Waals surface area contributed by atoms with Gasteiger partial charge >= 0.3 is 0 Å². The first-order valence-corrected chi connectivity index (χ1v) is 7.91. The fraction of sp³-hybridized carbons (Fsp3) is 0.933. The molecule has 2 aliphatic rings. The maximum atomic E-state index is 12.3. The Morgan fingerprint density at radius 3 is 2.47 bits per heavy atom. The van der Waals surface area contributed by atoms with Crippen molar-refractivity contribution in [1.29, 1.82) is 0 Å². The zero-order valence-corrected chi connectivity index (χ0v) is 12.3. The quantitative estimate of drug-likeness (QED) is 0.838. The molecule has 19 heavy (non-hydrogen) atoms. The molecule has 0 radical (unpaired) electrons. The summed E-state index contributed by atoms with van der Waals surface area (Å²) in [7, 11) is 0. The summed E-state index contributed by atoms with van der Waals surface area (Å²) in [5, 5.41) is 0. The summed E-state index contributed by atoms with van der Waals surface area (Å²) in [6.07, 6.45) is 6.08. The van der Waals surface area contributed by atoms with Crippen molar-refractivity contribution in [3.05, 3.63) is 0 Å². The number of nitrogens with zero attached hydrogens (tertiary/aromatic N) is 2. The van der Waals surface area contributed by atoms with Gasteiger partial charge in [-0.2, -0.15) is 0 Å². The molecule has 2 fully saturated rings. The van der Waals surface area contributed by atoms with Gasteiger partial charge < -0.3 is 10.6 Å². The number of piperidine rings is 1. The first-order valence-electron chi connectivity index (χ1n) is 7.91. The van der Waals surface area contributed by atoms with E-state index in [0.717, 1.165) is 32.7 Å². The van der Waals surface area contributed by atoms with E-state index >= 15 is 0 Å². The lowest BCUT2D eigenvalue weighted by atomic mass is 9.87. The molecule has 2 unspecified atom stereocenters. The van der Waals surface area contributed by atoms with Crippen LogP contribution in [0.5, 0.6) is 0 Å². The van der Waals surface area contributed by atoms with Gasteiger partial charge in [0.2, 0.25) is 5.91 Å². The van der Waals surface area contributed by atoms with Crippen molar-refractivity contribution in [1.82, 2.24) is 9.80 Å². The first kappa shape index (κ1) is 14.8. The average molecular weight is 267 g/mol. The third-order valence-electron chi connectivity index (χ3n) is 4.82. The number of nitrogens with two attached hydrogens (primary N) is 1. The van der Waals surface area contributed by atoms with Crippen LogP contribution in [0.15, 0.2) is 0 Å². The molecule has 4 nitrogen and oxygen atoms in total. The molecular formula is C15H29N3O. The zero-order valence-electron chi connectivity index (χ0n) is 12.3. The highest BCUT2D eigenvalue weighted by molar-refractivity contribution is 5.78. The third-order valence-corrected chi connectivity index (χ3v) is 4.82. The normalized spacial score (nSPS) is 30.1. The lowest BCUT2D eigenvalue weighted by Crippen LogP contribution is -2.47. The molecule has 110 valence electrons. The maximum absolute atomic E-state index is 12.3. The molecule has 0 aliphatic carbocycles. The van der Waals surface area contributed by atoms with E-state index in [4.69, 9.17) is 5.73 Å². The van der Waals surface area contributed by atoms with Crippen LogP contribution in [0.1, 0.15) is 39.0 Å². The van der Waals surface area contributed by atoms with Crippen molar-refractivity contribution in [2.75, 3.05) is 39.3 Å². The molecule has 4 heteroatoms. The summed E-state index contributed by atoms with van der Waals surface area (Å²) >= 11 is 0. The monoisotopic (exact) mass is 267 g/mol. The van der Waals surface area contributed by atoms with Crippen molar-refractivity contribution in [3.63, 3.8) is 0 Å². The van der Waals surface area contributed by atoms with Gasteiger partial charge in [-0.3, -0.25) is 9.69 Å². The number of carbonyl (C=O) groups excluding carboxylic acids is 1. The topological polar surface area (TPSA) is 49.6 Å². The molecule has 0 saturated carbocycles. The van der Waals surface area contributed by atoms with E-state index in [1.165, 1.54) is 32.1 Å². The van der Waals surface area contributed by atoms with Crippen molar-refractivity contribution in [3.8, 4) is 0 Å². The molecule has 2 aliphatic heterocycles. The number of hydrogen-bond acceptors (Lipinski definition) is 3. The van der Waals surface area contributed by atoms with Gasteiger partial charge in [0.05, 0.1) is 6.54 Å². The SMILES string of the molecule is CC1CCN(CC(=O)N2CCCCCC2)CC1CN. The van der Waals surface area contributed by atoms with Crippen LogP contribution in [0.2, 0.25) is 0 Å². The number of hydrogen-bond donors (Lipinski definition) is 1. The molecule has 0 aromatic rings. The van der Waals surface area contributed by atoms with Gasteiger partial charge in [-0.05, 0) is 44.2 Å². The summed E-state index contributed by atoms with van der Waals surface area (Å²) in [5.41, 5.74) is 5.83. The van der Waals surface area contributed by atoms with Crippen molar-refractivity contribution in [2.24, 2.45) is 17.6 Å². The number of rotatable bonds is 3. The van der Waals surface area contributed by atoms with Crippen LogP contribution >= 0.6 is 0 Å². The van der Waals surface area contributed by atoms with Crippen LogP contribution in [-0.4, -0.2) is 55.0 Å². The minimum absolute atomic E-state index is 0.326. The molecule has 2 heterocycles.